The van der Waals surface area contributed by atoms with Crippen LogP contribution in [-0.4, -0.2) is 39.7 Å². The molecule has 1 aromatic heterocycles. The molecular formula is C20H20ClN5O2. The van der Waals surface area contributed by atoms with E-state index >= 15 is 0 Å². The highest BCUT2D eigenvalue weighted by atomic mass is 35.5. The Kier molecular flexibility index (Phi) is 5.36. The summed E-state index contributed by atoms with van der Waals surface area (Å²) in [5.41, 5.74) is 1.93. The van der Waals surface area contributed by atoms with Crippen molar-refractivity contribution in [3.05, 3.63) is 70.5 Å². The van der Waals surface area contributed by atoms with Gasteiger partial charge in [-0.05, 0) is 42.2 Å². The maximum absolute atomic E-state index is 13.3. The Morgan fingerprint density at radius 1 is 1.14 bits per heavy atom. The summed E-state index contributed by atoms with van der Waals surface area (Å²) in [4.78, 5) is 13.3. The van der Waals surface area contributed by atoms with Gasteiger partial charge >= 0.3 is 0 Å². The van der Waals surface area contributed by atoms with Crippen molar-refractivity contribution < 1.29 is 9.53 Å². The van der Waals surface area contributed by atoms with Crippen molar-refractivity contribution in [2.24, 2.45) is 0 Å². The molecule has 0 bridgehead atoms. The highest BCUT2D eigenvalue weighted by molar-refractivity contribution is 6.31. The van der Waals surface area contributed by atoms with E-state index in [1.807, 2.05) is 48.5 Å². The molecule has 0 unspecified atom stereocenters. The summed E-state index contributed by atoms with van der Waals surface area (Å²) in [6, 6.07) is 15.2. The van der Waals surface area contributed by atoms with Crippen LogP contribution in [0.1, 0.15) is 29.8 Å². The molecule has 2 heterocycles. The first-order valence-electron chi connectivity index (χ1n) is 9.13. The first kappa shape index (κ1) is 18.6. The highest BCUT2D eigenvalue weighted by Gasteiger charge is 2.43. The molecule has 0 radical (unpaired) electrons. The maximum Gasteiger partial charge on any atom is 0.235 e. The average Bonchev–Trinajstić information content (AvgIpc) is 3.23. The van der Waals surface area contributed by atoms with Gasteiger partial charge in [-0.1, -0.05) is 47.1 Å². The fraction of sp³-hybridized carbons (Fsp3) is 0.300. The van der Waals surface area contributed by atoms with Crippen LogP contribution in [0.4, 0.5) is 5.69 Å². The van der Waals surface area contributed by atoms with Gasteiger partial charge in [-0.3, -0.25) is 4.79 Å². The van der Waals surface area contributed by atoms with Crippen molar-refractivity contribution in [3.8, 4) is 0 Å². The number of aromatic nitrogens is 4. The monoisotopic (exact) mass is 397 g/mol. The molecule has 1 aliphatic rings. The number of ether oxygens (including phenoxy) is 1. The van der Waals surface area contributed by atoms with Crippen molar-refractivity contribution in [2.45, 2.75) is 24.7 Å². The van der Waals surface area contributed by atoms with Gasteiger partial charge in [0.05, 0.1) is 5.41 Å². The average molecular weight is 398 g/mol. The van der Waals surface area contributed by atoms with E-state index in [0.717, 1.165) is 16.8 Å². The topological polar surface area (TPSA) is 92.8 Å². The van der Waals surface area contributed by atoms with Crippen LogP contribution in [-0.2, 0) is 21.4 Å². The molecule has 0 aliphatic carbocycles. The molecule has 1 saturated heterocycles. The predicted octanol–water partition coefficient (Wildman–Crippen LogP) is 3.13. The predicted molar refractivity (Wildman–Crippen MR) is 105 cm³/mol. The van der Waals surface area contributed by atoms with Gasteiger partial charge in [0.15, 0.2) is 5.82 Å². The third-order valence-electron chi connectivity index (χ3n) is 5.13. The molecule has 8 heteroatoms. The van der Waals surface area contributed by atoms with Crippen LogP contribution in [0.3, 0.4) is 0 Å². The summed E-state index contributed by atoms with van der Waals surface area (Å²) >= 11 is 6.44. The molecule has 0 saturated carbocycles. The van der Waals surface area contributed by atoms with Crippen LogP contribution in [0.2, 0.25) is 5.02 Å². The minimum Gasteiger partial charge on any atom is -0.381 e. The molecule has 28 heavy (non-hydrogen) atoms. The van der Waals surface area contributed by atoms with Crippen LogP contribution in [0.25, 0.3) is 0 Å². The fourth-order valence-electron chi connectivity index (χ4n) is 3.58. The van der Waals surface area contributed by atoms with Crippen LogP contribution >= 0.6 is 11.6 Å². The smallest absolute Gasteiger partial charge is 0.235 e. The minimum atomic E-state index is -0.695. The standard InChI is InChI=1S/C20H20ClN5O2/c21-17-4-2-1-3-16(17)20(9-11-28-12-10-20)19(27)22-15-7-5-14(6-8-15)13-18-23-25-26-24-18/h1-8H,9-13H2,(H,22,27)(H,23,24,25,26). The van der Waals surface area contributed by atoms with E-state index in [4.69, 9.17) is 16.3 Å². The molecule has 3 aromatic rings. The molecule has 0 atom stereocenters. The van der Waals surface area contributed by atoms with E-state index in [0.29, 0.717) is 43.3 Å². The molecule has 4 rings (SSSR count). The van der Waals surface area contributed by atoms with Crippen LogP contribution in [0.15, 0.2) is 48.5 Å². The number of nitrogens with one attached hydrogen (secondary N) is 2. The van der Waals surface area contributed by atoms with Crippen LogP contribution in [0, 0.1) is 0 Å². The third kappa shape index (κ3) is 3.76. The van der Waals surface area contributed by atoms with Gasteiger partial charge in [0.25, 0.3) is 0 Å². The highest BCUT2D eigenvalue weighted by Crippen LogP contribution is 2.39. The quantitative estimate of drug-likeness (QED) is 0.690. The number of amides is 1. The number of anilines is 1. The Bertz CT molecular complexity index is 937. The van der Waals surface area contributed by atoms with E-state index in [2.05, 4.69) is 25.9 Å². The number of aromatic amines is 1. The Balaban J connectivity index is 1.54. The summed E-state index contributed by atoms with van der Waals surface area (Å²) < 4.78 is 5.51. The molecule has 1 aliphatic heterocycles. The van der Waals surface area contributed by atoms with E-state index in [9.17, 15) is 4.79 Å². The molecule has 7 nitrogen and oxygen atoms in total. The lowest BCUT2D eigenvalue weighted by atomic mass is 9.73. The second kappa shape index (κ2) is 8.08. The Morgan fingerprint density at radius 3 is 2.57 bits per heavy atom. The lowest BCUT2D eigenvalue weighted by Crippen LogP contribution is -2.45. The summed E-state index contributed by atoms with van der Waals surface area (Å²) in [7, 11) is 0. The molecule has 1 fully saturated rings. The van der Waals surface area contributed by atoms with Crippen molar-refractivity contribution in [1.82, 2.24) is 20.6 Å². The number of halogens is 1. The number of rotatable bonds is 5. The van der Waals surface area contributed by atoms with Gasteiger partial charge < -0.3 is 10.1 Å². The molecule has 2 aromatic carbocycles. The molecule has 1 amide bonds. The first-order chi connectivity index (χ1) is 13.7. The maximum atomic E-state index is 13.3. The van der Waals surface area contributed by atoms with Crippen molar-refractivity contribution >= 4 is 23.2 Å². The number of carbonyl (C=O) groups excluding carboxylic acids is 1. The summed E-state index contributed by atoms with van der Waals surface area (Å²) in [6.07, 6.45) is 1.77. The number of tetrazole rings is 1. The number of nitrogens with zero attached hydrogens (tertiary/aromatic N) is 3. The summed E-state index contributed by atoms with van der Waals surface area (Å²) in [5.74, 6) is 0.562. The summed E-state index contributed by atoms with van der Waals surface area (Å²) in [5, 5.41) is 17.6. The van der Waals surface area contributed by atoms with E-state index in [1.165, 1.54) is 0 Å². The van der Waals surface area contributed by atoms with Gasteiger partial charge in [-0.15, -0.1) is 10.2 Å². The summed E-state index contributed by atoms with van der Waals surface area (Å²) in [6.45, 7) is 1.06. The number of carbonyl (C=O) groups is 1. The van der Waals surface area contributed by atoms with Gasteiger partial charge in [0, 0.05) is 30.3 Å². The lowest BCUT2D eigenvalue weighted by Gasteiger charge is -2.36. The first-order valence-corrected chi connectivity index (χ1v) is 9.51. The van der Waals surface area contributed by atoms with Gasteiger partial charge in [-0.25, -0.2) is 0 Å². The van der Waals surface area contributed by atoms with E-state index < -0.39 is 5.41 Å². The molecule has 2 N–H and O–H groups in total. The molecule has 144 valence electrons. The number of H-pyrrole nitrogens is 1. The van der Waals surface area contributed by atoms with Crippen LogP contribution < -0.4 is 5.32 Å². The van der Waals surface area contributed by atoms with Crippen molar-refractivity contribution in [2.75, 3.05) is 18.5 Å². The minimum absolute atomic E-state index is 0.0604. The Labute approximate surface area is 167 Å². The van der Waals surface area contributed by atoms with Crippen molar-refractivity contribution in [1.29, 1.82) is 0 Å². The van der Waals surface area contributed by atoms with Crippen LogP contribution in [0.5, 0.6) is 0 Å². The number of hydrogen-bond donors (Lipinski definition) is 2. The van der Waals surface area contributed by atoms with E-state index in [-0.39, 0.29) is 5.91 Å². The van der Waals surface area contributed by atoms with Gasteiger partial charge in [-0.2, -0.15) is 5.21 Å². The zero-order valence-electron chi connectivity index (χ0n) is 15.2. The fourth-order valence-corrected chi connectivity index (χ4v) is 3.90. The van der Waals surface area contributed by atoms with E-state index in [1.54, 1.807) is 0 Å². The zero-order chi connectivity index (χ0) is 19.4. The van der Waals surface area contributed by atoms with Gasteiger partial charge in [0.2, 0.25) is 5.91 Å². The van der Waals surface area contributed by atoms with Crippen molar-refractivity contribution in [3.63, 3.8) is 0 Å². The molecule has 0 spiro atoms. The Hall–Kier alpha value is -2.77. The normalized spacial score (nSPS) is 15.9. The molecular weight excluding hydrogens is 378 g/mol. The Morgan fingerprint density at radius 2 is 1.89 bits per heavy atom. The SMILES string of the molecule is O=C(Nc1ccc(Cc2nn[nH]n2)cc1)C1(c2ccccc2Cl)CCOCC1. The number of benzene rings is 2. The second-order valence-corrected chi connectivity index (χ2v) is 7.24. The van der Waals surface area contributed by atoms with Gasteiger partial charge in [0.1, 0.15) is 0 Å². The lowest BCUT2D eigenvalue weighted by molar-refractivity contribution is -0.125. The third-order valence-corrected chi connectivity index (χ3v) is 5.46. The number of hydrogen-bond acceptors (Lipinski definition) is 5. The second-order valence-electron chi connectivity index (χ2n) is 6.83. The largest absolute Gasteiger partial charge is 0.381 e. The zero-order valence-corrected chi connectivity index (χ0v) is 15.9.